The number of aliphatic carboxylic acids is 1. The zero-order valence-electron chi connectivity index (χ0n) is 8.79. The zero-order chi connectivity index (χ0) is 12.5. The molecule has 1 aliphatic heterocycles. The summed E-state index contributed by atoms with van der Waals surface area (Å²) in [5.41, 5.74) is 0. The second-order valence-electron chi connectivity index (χ2n) is 3.95. The molecular formula is C8H14N2O5S. The van der Waals surface area contributed by atoms with Crippen molar-refractivity contribution in [1.82, 2.24) is 4.90 Å². The second kappa shape index (κ2) is 4.38. The third-order valence-corrected chi connectivity index (χ3v) is 3.80. The first-order valence-electron chi connectivity index (χ1n) is 4.74. The topological polar surface area (TPSA) is 118 Å². The van der Waals surface area contributed by atoms with Gasteiger partial charge in [-0.15, -0.1) is 0 Å². The molecule has 2 atom stereocenters. The smallest absolute Gasteiger partial charge is 0.308 e. The number of hydrogen-bond donors (Lipinski definition) is 2. The molecule has 0 aromatic carbocycles. The highest BCUT2D eigenvalue weighted by Crippen LogP contribution is 2.17. The third kappa shape index (κ3) is 2.92. The van der Waals surface area contributed by atoms with Crippen molar-refractivity contribution in [2.45, 2.75) is 18.6 Å². The van der Waals surface area contributed by atoms with Gasteiger partial charge in [0.05, 0.1) is 5.92 Å². The average Bonchev–Trinajstić information content (AvgIpc) is 2.47. The average molecular weight is 250 g/mol. The molecule has 1 heterocycles. The van der Waals surface area contributed by atoms with Gasteiger partial charge in [-0.3, -0.25) is 9.59 Å². The number of primary sulfonamides is 1. The number of amides is 1. The molecule has 0 saturated carbocycles. The van der Waals surface area contributed by atoms with Gasteiger partial charge in [-0.05, 0) is 0 Å². The maximum absolute atomic E-state index is 11.4. The van der Waals surface area contributed by atoms with E-state index in [1.165, 1.54) is 11.8 Å². The van der Waals surface area contributed by atoms with Gasteiger partial charge >= 0.3 is 5.97 Å². The van der Waals surface area contributed by atoms with E-state index in [4.69, 9.17) is 10.2 Å². The Morgan fingerprint density at radius 1 is 1.69 bits per heavy atom. The second-order valence-corrected chi connectivity index (χ2v) is 5.80. The Morgan fingerprint density at radius 2 is 2.25 bits per heavy atom. The Morgan fingerprint density at radius 3 is 2.62 bits per heavy atom. The van der Waals surface area contributed by atoms with E-state index in [9.17, 15) is 18.0 Å². The summed E-state index contributed by atoms with van der Waals surface area (Å²) in [4.78, 5) is 23.2. The highest BCUT2D eigenvalue weighted by atomic mass is 32.2. The molecule has 0 aromatic rings. The first-order chi connectivity index (χ1) is 7.21. The minimum atomic E-state index is -3.73. The molecule has 0 spiro atoms. The highest BCUT2D eigenvalue weighted by Gasteiger charge is 2.37. The minimum Gasteiger partial charge on any atom is -0.481 e. The molecule has 0 aliphatic carbocycles. The Labute approximate surface area is 93.3 Å². The lowest BCUT2D eigenvalue weighted by Gasteiger charge is -2.18. The number of rotatable bonds is 4. The van der Waals surface area contributed by atoms with Gasteiger partial charge < -0.3 is 10.0 Å². The number of nitrogens with zero attached hydrogens (tertiary/aromatic N) is 1. The van der Waals surface area contributed by atoms with Gasteiger partial charge in [-0.2, -0.15) is 0 Å². The van der Waals surface area contributed by atoms with Gasteiger partial charge in [0.2, 0.25) is 15.9 Å². The van der Waals surface area contributed by atoms with Crippen LogP contribution in [0.1, 0.15) is 13.3 Å². The van der Waals surface area contributed by atoms with E-state index in [1.807, 2.05) is 0 Å². The Balaban J connectivity index is 2.66. The molecular weight excluding hydrogens is 236 g/mol. The first-order valence-corrected chi connectivity index (χ1v) is 6.35. The first kappa shape index (κ1) is 12.9. The van der Waals surface area contributed by atoms with Crippen LogP contribution in [-0.2, 0) is 19.6 Å². The lowest BCUT2D eigenvalue weighted by molar-refractivity contribution is -0.142. The summed E-state index contributed by atoms with van der Waals surface area (Å²) in [7, 11) is -3.73. The summed E-state index contributed by atoms with van der Waals surface area (Å²) >= 11 is 0. The van der Waals surface area contributed by atoms with Gasteiger partial charge in [0.1, 0.15) is 5.25 Å². The number of hydrogen-bond acceptors (Lipinski definition) is 4. The summed E-state index contributed by atoms with van der Waals surface area (Å²) in [6.07, 6.45) is -0.162. The number of carbonyl (C=O) groups is 2. The molecule has 0 bridgehead atoms. The summed E-state index contributed by atoms with van der Waals surface area (Å²) in [5.74, 6) is -2.11. The number of likely N-dealkylation sites (tertiary alicyclic amines) is 1. The van der Waals surface area contributed by atoms with Crippen molar-refractivity contribution >= 4 is 21.9 Å². The van der Waals surface area contributed by atoms with E-state index < -0.39 is 27.2 Å². The molecule has 1 fully saturated rings. The lowest BCUT2D eigenvalue weighted by Crippen LogP contribution is -2.35. The standard InChI is InChI=1S/C8H14N2O5S/c1-5(8(12)13)3-10-4-6(2-7(10)11)16(9,14)15/h5-6H,2-4H2,1H3,(H,12,13)(H2,9,14,15). The van der Waals surface area contributed by atoms with E-state index in [2.05, 4.69) is 0 Å². The van der Waals surface area contributed by atoms with E-state index >= 15 is 0 Å². The molecule has 2 unspecified atom stereocenters. The fourth-order valence-corrected chi connectivity index (χ4v) is 2.30. The van der Waals surface area contributed by atoms with Crippen LogP contribution in [0.4, 0.5) is 0 Å². The van der Waals surface area contributed by atoms with Crippen molar-refractivity contribution in [1.29, 1.82) is 0 Å². The summed E-state index contributed by atoms with van der Waals surface area (Å²) in [6, 6.07) is 0. The van der Waals surface area contributed by atoms with Crippen molar-refractivity contribution < 1.29 is 23.1 Å². The van der Waals surface area contributed by atoms with Crippen LogP contribution >= 0.6 is 0 Å². The maximum atomic E-state index is 11.4. The Bertz CT molecular complexity index is 405. The van der Waals surface area contributed by atoms with Crippen LogP contribution in [-0.4, -0.2) is 48.6 Å². The van der Waals surface area contributed by atoms with Gasteiger partial charge in [0.15, 0.2) is 0 Å². The molecule has 8 heteroatoms. The minimum absolute atomic E-state index is 0.0141. The van der Waals surface area contributed by atoms with Crippen molar-refractivity contribution in [2.75, 3.05) is 13.1 Å². The summed E-state index contributed by atoms with van der Waals surface area (Å²) in [5, 5.41) is 12.7. The number of sulfonamides is 1. The predicted molar refractivity (Wildman–Crippen MR) is 54.9 cm³/mol. The van der Waals surface area contributed by atoms with E-state index in [0.717, 1.165) is 0 Å². The SMILES string of the molecule is CC(CN1CC(S(N)(=O)=O)CC1=O)C(=O)O. The number of carboxylic acid groups (broad SMARTS) is 1. The van der Waals surface area contributed by atoms with Crippen molar-refractivity contribution in [3.8, 4) is 0 Å². The monoisotopic (exact) mass is 250 g/mol. The summed E-state index contributed by atoms with van der Waals surface area (Å²) < 4.78 is 22.1. The highest BCUT2D eigenvalue weighted by molar-refractivity contribution is 7.89. The van der Waals surface area contributed by atoms with E-state index in [1.54, 1.807) is 0 Å². The van der Waals surface area contributed by atoms with Crippen LogP contribution in [0, 0.1) is 5.92 Å². The predicted octanol–water partition coefficient (Wildman–Crippen LogP) is -1.40. The van der Waals surface area contributed by atoms with Crippen LogP contribution in [0.3, 0.4) is 0 Å². The van der Waals surface area contributed by atoms with Gasteiger partial charge in [-0.25, -0.2) is 13.6 Å². The van der Waals surface area contributed by atoms with Crippen molar-refractivity contribution in [3.05, 3.63) is 0 Å². The largest absolute Gasteiger partial charge is 0.481 e. The van der Waals surface area contributed by atoms with Crippen LogP contribution in [0.15, 0.2) is 0 Å². The van der Waals surface area contributed by atoms with Crippen LogP contribution in [0.25, 0.3) is 0 Å². The molecule has 92 valence electrons. The van der Waals surface area contributed by atoms with Crippen LogP contribution in [0.5, 0.6) is 0 Å². The molecule has 1 saturated heterocycles. The summed E-state index contributed by atoms with van der Waals surface area (Å²) in [6.45, 7) is 1.45. The molecule has 0 aromatic heterocycles. The Kier molecular flexibility index (Phi) is 3.54. The molecule has 3 N–H and O–H groups in total. The van der Waals surface area contributed by atoms with Crippen molar-refractivity contribution in [3.63, 3.8) is 0 Å². The van der Waals surface area contributed by atoms with Crippen LogP contribution in [0.2, 0.25) is 0 Å². The molecule has 1 aliphatic rings. The fraction of sp³-hybridized carbons (Fsp3) is 0.750. The molecule has 1 rings (SSSR count). The van der Waals surface area contributed by atoms with Crippen LogP contribution < -0.4 is 5.14 Å². The molecule has 16 heavy (non-hydrogen) atoms. The van der Waals surface area contributed by atoms with Gasteiger partial charge in [0, 0.05) is 19.5 Å². The fourth-order valence-electron chi connectivity index (χ4n) is 1.54. The number of carboxylic acids is 1. The van der Waals surface area contributed by atoms with Crippen molar-refractivity contribution in [2.24, 2.45) is 11.1 Å². The molecule has 1 amide bonds. The number of nitrogens with two attached hydrogens (primary N) is 1. The Hall–Kier alpha value is -1.15. The normalized spacial score (nSPS) is 23.5. The number of carbonyl (C=O) groups excluding carboxylic acids is 1. The molecule has 7 nitrogen and oxygen atoms in total. The quantitative estimate of drug-likeness (QED) is 0.636. The zero-order valence-corrected chi connectivity index (χ0v) is 9.61. The van der Waals surface area contributed by atoms with E-state index in [-0.39, 0.29) is 25.4 Å². The van der Waals surface area contributed by atoms with Gasteiger partial charge in [0.25, 0.3) is 0 Å². The third-order valence-electron chi connectivity index (χ3n) is 2.56. The maximum Gasteiger partial charge on any atom is 0.308 e. The van der Waals surface area contributed by atoms with Gasteiger partial charge in [-0.1, -0.05) is 6.92 Å². The lowest BCUT2D eigenvalue weighted by atomic mass is 10.2. The molecule has 0 radical (unpaired) electrons. The van der Waals surface area contributed by atoms with E-state index in [0.29, 0.717) is 0 Å².